The minimum atomic E-state index is -0.220. The van der Waals surface area contributed by atoms with Crippen LogP contribution < -0.4 is 5.73 Å². The standard InChI is InChI=1S/C11H22N2O2/c1-3-13(4-2)11(14)15-10-8-6-5-7-9(10)12/h9-10H,3-8,12H2,1-2H3/t9-,10-/m1/s1. The molecule has 0 aromatic rings. The Hall–Kier alpha value is -0.770. The molecule has 1 saturated carbocycles. The van der Waals surface area contributed by atoms with Crippen molar-refractivity contribution in [3.05, 3.63) is 0 Å². The highest BCUT2D eigenvalue weighted by atomic mass is 16.6. The lowest BCUT2D eigenvalue weighted by Crippen LogP contribution is -2.43. The smallest absolute Gasteiger partial charge is 0.410 e. The van der Waals surface area contributed by atoms with Gasteiger partial charge in [0.25, 0.3) is 0 Å². The first-order valence-electron chi connectivity index (χ1n) is 5.90. The summed E-state index contributed by atoms with van der Waals surface area (Å²) in [6.07, 6.45) is 3.85. The minimum absolute atomic E-state index is 0.0262. The van der Waals surface area contributed by atoms with E-state index in [0.717, 1.165) is 25.7 Å². The number of hydrogen-bond acceptors (Lipinski definition) is 3. The highest BCUT2D eigenvalue weighted by molar-refractivity contribution is 5.67. The highest BCUT2D eigenvalue weighted by Gasteiger charge is 2.26. The molecule has 0 aromatic carbocycles. The zero-order valence-electron chi connectivity index (χ0n) is 9.74. The van der Waals surface area contributed by atoms with Crippen molar-refractivity contribution in [1.29, 1.82) is 0 Å². The molecule has 0 aliphatic heterocycles. The van der Waals surface area contributed by atoms with E-state index in [1.54, 1.807) is 4.90 Å². The van der Waals surface area contributed by atoms with Crippen molar-refractivity contribution in [3.8, 4) is 0 Å². The summed E-state index contributed by atoms with van der Waals surface area (Å²) < 4.78 is 5.41. The maximum absolute atomic E-state index is 11.7. The fraction of sp³-hybridized carbons (Fsp3) is 0.909. The summed E-state index contributed by atoms with van der Waals surface area (Å²) in [7, 11) is 0. The number of nitrogens with zero attached hydrogens (tertiary/aromatic N) is 1. The van der Waals surface area contributed by atoms with Gasteiger partial charge in [0.05, 0.1) is 0 Å². The maximum Gasteiger partial charge on any atom is 0.410 e. The molecule has 4 nitrogen and oxygen atoms in total. The largest absolute Gasteiger partial charge is 0.444 e. The van der Waals surface area contributed by atoms with Crippen LogP contribution in [-0.4, -0.2) is 36.2 Å². The van der Waals surface area contributed by atoms with E-state index < -0.39 is 0 Å². The Morgan fingerprint density at radius 2 is 1.93 bits per heavy atom. The number of carbonyl (C=O) groups is 1. The topological polar surface area (TPSA) is 55.6 Å². The summed E-state index contributed by atoms with van der Waals surface area (Å²) in [5.74, 6) is 0. The quantitative estimate of drug-likeness (QED) is 0.778. The molecule has 0 radical (unpaired) electrons. The molecule has 0 spiro atoms. The van der Waals surface area contributed by atoms with Crippen LogP contribution >= 0.6 is 0 Å². The summed E-state index contributed by atoms with van der Waals surface area (Å²) in [4.78, 5) is 13.3. The molecule has 0 heterocycles. The second kappa shape index (κ2) is 5.95. The van der Waals surface area contributed by atoms with Crippen LogP contribution in [0.1, 0.15) is 39.5 Å². The molecule has 1 aliphatic rings. The normalized spacial score (nSPS) is 26.1. The van der Waals surface area contributed by atoms with Crippen LogP contribution in [0.4, 0.5) is 4.79 Å². The van der Waals surface area contributed by atoms with E-state index in [-0.39, 0.29) is 18.2 Å². The van der Waals surface area contributed by atoms with Gasteiger partial charge in [0.1, 0.15) is 6.10 Å². The zero-order chi connectivity index (χ0) is 11.3. The molecule has 1 rings (SSSR count). The summed E-state index contributed by atoms with van der Waals surface area (Å²) in [5, 5.41) is 0. The van der Waals surface area contributed by atoms with Gasteiger partial charge in [-0.2, -0.15) is 0 Å². The Bertz CT molecular complexity index is 205. The van der Waals surface area contributed by atoms with Gasteiger partial charge in [-0.05, 0) is 33.1 Å². The first kappa shape index (κ1) is 12.3. The number of hydrogen-bond donors (Lipinski definition) is 1. The van der Waals surface area contributed by atoms with Gasteiger partial charge in [-0.25, -0.2) is 4.79 Å². The summed E-state index contributed by atoms with van der Waals surface area (Å²) in [6.45, 7) is 5.28. The van der Waals surface area contributed by atoms with Gasteiger partial charge in [-0.1, -0.05) is 6.42 Å². The van der Waals surface area contributed by atoms with Crippen LogP contribution in [0.2, 0.25) is 0 Å². The molecule has 1 aliphatic carbocycles. The molecule has 1 fully saturated rings. The molecular weight excluding hydrogens is 192 g/mol. The van der Waals surface area contributed by atoms with E-state index in [0.29, 0.717) is 13.1 Å². The lowest BCUT2D eigenvalue weighted by molar-refractivity contribution is 0.0379. The average molecular weight is 214 g/mol. The summed E-state index contributed by atoms with van der Waals surface area (Å²) in [5.41, 5.74) is 5.91. The zero-order valence-corrected chi connectivity index (χ0v) is 9.74. The third-order valence-corrected chi connectivity index (χ3v) is 3.03. The second-order valence-electron chi connectivity index (χ2n) is 4.04. The monoisotopic (exact) mass is 214 g/mol. The third kappa shape index (κ3) is 3.38. The number of rotatable bonds is 3. The van der Waals surface area contributed by atoms with Gasteiger partial charge in [-0.3, -0.25) is 0 Å². The number of carbonyl (C=O) groups excluding carboxylic acids is 1. The van der Waals surface area contributed by atoms with Crippen LogP contribution in [0.15, 0.2) is 0 Å². The van der Waals surface area contributed by atoms with E-state index in [2.05, 4.69) is 0 Å². The lowest BCUT2D eigenvalue weighted by atomic mass is 9.93. The molecular formula is C11H22N2O2. The molecule has 2 atom stereocenters. The first-order chi connectivity index (χ1) is 7.19. The fourth-order valence-electron chi connectivity index (χ4n) is 1.96. The SMILES string of the molecule is CCN(CC)C(=O)O[C@@H]1CCCC[C@H]1N. The van der Waals surface area contributed by atoms with Crippen molar-refractivity contribution in [1.82, 2.24) is 4.90 Å². The van der Waals surface area contributed by atoms with Crippen LogP contribution in [0.25, 0.3) is 0 Å². The molecule has 15 heavy (non-hydrogen) atoms. The molecule has 0 bridgehead atoms. The van der Waals surface area contributed by atoms with E-state index in [1.165, 1.54) is 0 Å². The Kier molecular flexibility index (Phi) is 4.88. The van der Waals surface area contributed by atoms with Crippen molar-refractivity contribution in [2.75, 3.05) is 13.1 Å². The highest BCUT2D eigenvalue weighted by Crippen LogP contribution is 2.20. The Morgan fingerprint density at radius 3 is 2.47 bits per heavy atom. The van der Waals surface area contributed by atoms with Crippen molar-refractivity contribution in [3.63, 3.8) is 0 Å². The van der Waals surface area contributed by atoms with E-state index in [4.69, 9.17) is 10.5 Å². The Labute approximate surface area is 91.8 Å². The molecule has 1 amide bonds. The predicted molar refractivity (Wildman–Crippen MR) is 59.6 cm³/mol. The van der Waals surface area contributed by atoms with Crippen LogP contribution in [0.5, 0.6) is 0 Å². The lowest BCUT2D eigenvalue weighted by Gasteiger charge is -2.30. The van der Waals surface area contributed by atoms with Crippen molar-refractivity contribution in [2.24, 2.45) is 5.73 Å². The van der Waals surface area contributed by atoms with Gasteiger partial charge >= 0.3 is 6.09 Å². The number of ether oxygens (including phenoxy) is 1. The van der Waals surface area contributed by atoms with E-state index in [1.807, 2.05) is 13.8 Å². The molecule has 4 heteroatoms. The van der Waals surface area contributed by atoms with Crippen LogP contribution in [0, 0.1) is 0 Å². The minimum Gasteiger partial charge on any atom is -0.444 e. The second-order valence-corrected chi connectivity index (χ2v) is 4.04. The van der Waals surface area contributed by atoms with Gasteiger partial charge in [0.2, 0.25) is 0 Å². The van der Waals surface area contributed by atoms with Crippen LogP contribution in [-0.2, 0) is 4.74 Å². The summed E-state index contributed by atoms with van der Waals surface area (Å²) in [6, 6.07) is 0.0262. The Balaban J connectivity index is 2.41. The van der Waals surface area contributed by atoms with Gasteiger partial charge in [0.15, 0.2) is 0 Å². The molecule has 0 saturated heterocycles. The third-order valence-electron chi connectivity index (χ3n) is 3.03. The molecule has 0 aromatic heterocycles. The predicted octanol–water partition coefficient (Wildman–Crippen LogP) is 1.73. The number of nitrogens with two attached hydrogens (primary N) is 1. The fourth-order valence-corrected chi connectivity index (χ4v) is 1.96. The van der Waals surface area contributed by atoms with Crippen molar-refractivity contribution in [2.45, 2.75) is 51.7 Å². The Morgan fingerprint density at radius 1 is 1.33 bits per heavy atom. The average Bonchev–Trinajstić information content (AvgIpc) is 2.23. The molecule has 0 unspecified atom stereocenters. The van der Waals surface area contributed by atoms with Gasteiger partial charge in [-0.15, -0.1) is 0 Å². The van der Waals surface area contributed by atoms with E-state index >= 15 is 0 Å². The van der Waals surface area contributed by atoms with Crippen molar-refractivity contribution >= 4 is 6.09 Å². The van der Waals surface area contributed by atoms with Crippen LogP contribution in [0.3, 0.4) is 0 Å². The van der Waals surface area contributed by atoms with E-state index in [9.17, 15) is 4.79 Å². The molecule has 2 N–H and O–H groups in total. The van der Waals surface area contributed by atoms with Crippen molar-refractivity contribution < 1.29 is 9.53 Å². The maximum atomic E-state index is 11.7. The first-order valence-corrected chi connectivity index (χ1v) is 5.90. The molecule has 88 valence electrons. The number of amides is 1. The van der Waals surface area contributed by atoms with Gasteiger partial charge in [0, 0.05) is 19.1 Å². The van der Waals surface area contributed by atoms with Gasteiger partial charge < -0.3 is 15.4 Å². The summed E-state index contributed by atoms with van der Waals surface area (Å²) >= 11 is 0.